The summed E-state index contributed by atoms with van der Waals surface area (Å²) in [6.45, 7) is 0. The Labute approximate surface area is 142 Å². The topological polar surface area (TPSA) is 67.8 Å². The van der Waals surface area contributed by atoms with Gasteiger partial charge in [0.15, 0.2) is 10.3 Å². The molecule has 0 unspecified atom stereocenters. The van der Waals surface area contributed by atoms with E-state index in [1.165, 1.54) is 23.1 Å². The molecule has 0 saturated heterocycles. The van der Waals surface area contributed by atoms with Crippen LogP contribution in [0.1, 0.15) is 5.56 Å². The highest BCUT2D eigenvalue weighted by Crippen LogP contribution is 2.24. The Morgan fingerprint density at radius 1 is 1.17 bits per heavy atom. The SMILES string of the molecule is CSc1nccc(-c2csc(NC(=O)Cc3ccccc3)n2)n1. The largest absolute Gasteiger partial charge is 0.302 e. The quantitative estimate of drug-likeness (QED) is 0.568. The van der Waals surface area contributed by atoms with Crippen LogP contribution in [0, 0.1) is 0 Å². The van der Waals surface area contributed by atoms with Crippen LogP contribution in [0.4, 0.5) is 5.13 Å². The van der Waals surface area contributed by atoms with Crippen LogP contribution in [-0.2, 0) is 11.2 Å². The standard InChI is InChI=1S/C16H14N4OS2/c1-22-15-17-8-7-12(18-15)13-10-23-16(19-13)20-14(21)9-11-5-3-2-4-6-11/h2-8,10H,9H2,1H3,(H,19,20,21). The Balaban J connectivity index is 1.68. The maximum atomic E-state index is 12.1. The van der Waals surface area contributed by atoms with Crippen LogP contribution in [-0.4, -0.2) is 27.1 Å². The van der Waals surface area contributed by atoms with E-state index in [4.69, 9.17) is 0 Å². The molecule has 0 saturated carbocycles. The number of nitrogens with one attached hydrogen (secondary N) is 1. The lowest BCUT2D eigenvalue weighted by Gasteiger charge is -2.01. The minimum absolute atomic E-state index is 0.0791. The van der Waals surface area contributed by atoms with Gasteiger partial charge in [-0.2, -0.15) is 0 Å². The van der Waals surface area contributed by atoms with Crippen molar-refractivity contribution in [3.63, 3.8) is 0 Å². The Morgan fingerprint density at radius 2 is 2.00 bits per heavy atom. The summed E-state index contributed by atoms with van der Waals surface area (Å²) >= 11 is 2.87. The highest BCUT2D eigenvalue weighted by molar-refractivity contribution is 7.98. The first-order valence-electron chi connectivity index (χ1n) is 6.91. The normalized spacial score (nSPS) is 10.5. The van der Waals surface area contributed by atoms with Gasteiger partial charge in [-0.05, 0) is 17.9 Å². The number of carbonyl (C=O) groups excluding carboxylic acids is 1. The molecular weight excluding hydrogens is 328 g/mol. The maximum Gasteiger partial charge on any atom is 0.230 e. The molecule has 0 aliphatic carbocycles. The van der Waals surface area contributed by atoms with Gasteiger partial charge in [0, 0.05) is 11.6 Å². The first-order valence-corrected chi connectivity index (χ1v) is 9.02. The predicted octanol–water partition coefficient (Wildman–Crippen LogP) is 3.50. The number of nitrogens with zero attached hydrogens (tertiary/aromatic N) is 3. The number of aromatic nitrogens is 3. The number of amides is 1. The summed E-state index contributed by atoms with van der Waals surface area (Å²) in [4.78, 5) is 25.0. The van der Waals surface area contributed by atoms with Gasteiger partial charge in [0.2, 0.25) is 5.91 Å². The van der Waals surface area contributed by atoms with E-state index in [1.54, 1.807) is 6.20 Å². The zero-order valence-electron chi connectivity index (χ0n) is 12.4. The van der Waals surface area contributed by atoms with E-state index >= 15 is 0 Å². The summed E-state index contributed by atoms with van der Waals surface area (Å²) in [7, 11) is 0. The number of carbonyl (C=O) groups is 1. The van der Waals surface area contributed by atoms with Crippen molar-refractivity contribution in [1.82, 2.24) is 15.0 Å². The molecular formula is C16H14N4OS2. The second kappa shape index (κ2) is 7.34. The number of anilines is 1. The third kappa shape index (κ3) is 4.14. The van der Waals surface area contributed by atoms with E-state index in [0.29, 0.717) is 16.7 Å². The van der Waals surface area contributed by atoms with Crippen LogP contribution in [0.15, 0.2) is 53.1 Å². The zero-order chi connectivity index (χ0) is 16.1. The van der Waals surface area contributed by atoms with Crippen LogP contribution >= 0.6 is 23.1 Å². The summed E-state index contributed by atoms with van der Waals surface area (Å²) < 4.78 is 0. The van der Waals surface area contributed by atoms with Crippen molar-refractivity contribution in [2.75, 3.05) is 11.6 Å². The smallest absolute Gasteiger partial charge is 0.230 e. The van der Waals surface area contributed by atoms with Crippen LogP contribution in [0.5, 0.6) is 0 Å². The first-order chi connectivity index (χ1) is 11.2. The molecule has 5 nitrogen and oxygen atoms in total. The first kappa shape index (κ1) is 15.6. The van der Waals surface area contributed by atoms with Crippen LogP contribution in [0.25, 0.3) is 11.4 Å². The molecule has 23 heavy (non-hydrogen) atoms. The molecule has 0 atom stereocenters. The zero-order valence-corrected chi connectivity index (χ0v) is 14.0. The van der Waals surface area contributed by atoms with Crippen molar-refractivity contribution in [2.45, 2.75) is 11.6 Å². The molecule has 0 aliphatic heterocycles. The molecule has 0 aliphatic rings. The average molecular weight is 342 g/mol. The Kier molecular flexibility index (Phi) is 4.99. The summed E-state index contributed by atoms with van der Waals surface area (Å²) in [6, 6.07) is 11.4. The van der Waals surface area contributed by atoms with Gasteiger partial charge < -0.3 is 5.32 Å². The molecule has 1 aromatic carbocycles. The van der Waals surface area contributed by atoms with Crippen LogP contribution < -0.4 is 5.32 Å². The van der Waals surface area contributed by atoms with Crippen molar-refractivity contribution in [3.8, 4) is 11.4 Å². The van der Waals surface area contributed by atoms with E-state index in [2.05, 4.69) is 20.3 Å². The van der Waals surface area contributed by atoms with Crippen molar-refractivity contribution in [2.24, 2.45) is 0 Å². The molecule has 1 amide bonds. The second-order valence-electron chi connectivity index (χ2n) is 4.68. The van der Waals surface area contributed by atoms with Gasteiger partial charge >= 0.3 is 0 Å². The number of rotatable bonds is 5. The van der Waals surface area contributed by atoms with Crippen molar-refractivity contribution in [1.29, 1.82) is 0 Å². The van der Waals surface area contributed by atoms with Gasteiger partial charge in [-0.1, -0.05) is 42.1 Å². The molecule has 1 N–H and O–H groups in total. The van der Waals surface area contributed by atoms with Crippen LogP contribution in [0.2, 0.25) is 0 Å². The third-order valence-corrected chi connectivity index (χ3v) is 4.36. The minimum atomic E-state index is -0.0791. The lowest BCUT2D eigenvalue weighted by atomic mass is 10.1. The molecule has 7 heteroatoms. The minimum Gasteiger partial charge on any atom is -0.302 e. The fourth-order valence-electron chi connectivity index (χ4n) is 1.98. The van der Waals surface area contributed by atoms with Gasteiger partial charge in [-0.25, -0.2) is 15.0 Å². The second-order valence-corrected chi connectivity index (χ2v) is 6.31. The molecule has 116 valence electrons. The predicted molar refractivity (Wildman–Crippen MR) is 93.7 cm³/mol. The average Bonchev–Trinajstić information content (AvgIpc) is 3.04. The van der Waals surface area contributed by atoms with E-state index in [0.717, 1.165) is 17.0 Å². The fourth-order valence-corrected chi connectivity index (χ4v) is 3.05. The molecule has 0 bridgehead atoms. The Bertz CT molecular complexity index is 805. The molecule has 2 aromatic heterocycles. The summed E-state index contributed by atoms with van der Waals surface area (Å²) in [5.74, 6) is -0.0791. The van der Waals surface area contributed by atoms with Crippen LogP contribution in [0.3, 0.4) is 0 Å². The number of hydrogen-bond donors (Lipinski definition) is 1. The molecule has 0 radical (unpaired) electrons. The fraction of sp³-hybridized carbons (Fsp3) is 0.125. The van der Waals surface area contributed by atoms with Gasteiger partial charge in [0.05, 0.1) is 12.1 Å². The Morgan fingerprint density at radius 3 is 2.78 bits per heavy atom. The Hall–Kier alpha value is -2.25. The third-order valence-electron chi connectivity index (χ3n) is 3.04. The van der Waals surface area contributed by atoms with E-state index in [-0.39, 0.29) is 5.91 Å². The molecule has 3 rings (SSSR count). The summed E-state index contributed by atoms with van der Waals surface area (Å²) in [6.07, 6.45) is 3.97. The number of hydrogen-bond acceptors (Lipinski definition) is 6. The highest BCUT2D eigenvalue weighted by Gasteiger charge is 2.10. The van der Waals surface area contributed by atoms with E-state index in [1.807, 2.05) is 48.0 Å². The molecule has 3 aromatic rings. The highest BCUT2D eigenvalue weighted by atomic mass is 32.2. The van der Waals surface area contributed by atoms with Gasteiger partial charge in [-0.3, -0.25) is 4.79 Å². The summed E-state index contributed by atoms with van der Waals surface area (Å²) in [5, 5.41) is 5.98. The number of thioether (sulfide) groups is 1. The van der Waals surface area contributed by atoms with E-state index in [9.17, 15) is 4.79 Å². The maximum absolute atomic E-state index is 12.1. The number of benzene rings is 1. The molecule has 0 spiro atoms. The number of thiazole rings is 1. The van der Waals surface area contributed by atoms with Gasteiger partial charge in [-0.15, -0.1) is 11.3 Å². The van der Waals surface area contributed by atoms with E-state index < -0.39 is 0 Å². The monoisotopic (exact) mass is 342 g/mol. The molecule has 2 heterocycles. The van der Waals surface area contributed by atoms with Gasteiger partial charge in [0.1, 0.15) is 5.69 Å². The molecule has 0 fully saturated rings. The summed E-state index contributed by atoms with van der Waals surface area (Å²) in [5.41, 5.74) is 2.47. The lowest BCUT2D eigenvalue weighted by molar-refractivity contribution is -0.115. The van der Waals surface area contributed by atoms with Crippen molar-refractivity contribution < 1.29 is 4.79 Å². The van der Waals surface area contributed by atoms with Gasteiger partial charge in [0.25, 0.3) is 0 Å². The van der Waals surface area contributed by atoms with Crippen molar-refractivity contribution >= 4 is 34.1 Å². The lowest BCUT2D eigenvalue weighted by Crippen LogP contribution is -2.14. The van der Waals surface area contributed by atoms with Crippen molar-refractivity contribution in [3.05, 3.63) is 53.5 Å².